The number of rotatable bonds is 5. The molecule has 2 aromatic heterocycles. The lowest BCUT2D eigenvalue weighted by atomic mass is 10.1. The molecule has 0 atom stereocenters. The summed E-state index contributed by atoms with van der Waals surface area (Å²) in [4.78, 5) is 26.7. The van der Waals surface area contributed by atoms with Crippen LogP contribution in [-0.2, 0) is 6.42 Å². The lowest BCUT2D eigenvalue weighted by molar-refractivity contribution is -0.384. The highest BCUT2D eigenvalue weighted by Crippen LogP contribution is 2.24. The number of nitrogens with zero attached hydrogens (tertiary/aromatic N) is 6. The molecule has 122 valence electrons. The third kappa shape index (κ3) is 3.10. The first-order valence-electron chi connectivity index (χ1n) is 6.85. The zero-order valence-corrected chi connectivity index (χ0v) is 13.2. The Morgan fingerprint density at radius 3 is 2.88 bits per heavy atom. The summed E-state index contributed by atoms with van der Waals surface area (Å²) in [6, 6.07) is 4.11. The van der Waals surface area contributed by atoms with Gasteiger partial charge in [0.25, 0.3) is 11.6 Å². The number of carbonyl (C=O) groups excluding carboxylic acids is 1. The van der Waals surface area contributed by atoms with Gasteiger partial charge in [0.1, 0.15) is 23.3 Å². The summed E-state index contributed by atoms with van der Waals surface area (Å²) in [5.74, 6) is -0.498. The van der Waals surface area contributed by atoms with Crippen molar-refractivity contribution in [2.45, 2.75) is 13.3 Å². The van der Waals surface area contributed by atoms with Crippen LogP contribution in [0.3, 0.4) is 0 Å². The first-order valence-corrected chi connectivity index (χ1v) is 7.67. The Balaban J connectivity index is 1.89. The van der Waals surface area contributed by atoms with E-state index in [4.69, 9.17) is 0 Å². The van der Waals surface area contributed by atoms with Crippen LogP contribution in [0.15, 0.2) is 30.9 Å². The number of hydrogen-bond donors (Lipinski definition) is 1. The lowest BCUT2D eigenvalue weighted by Gasteiger charge is -2.05. The number of benzene rings is 1. The second-order valence-corrected chi connectivity index (χ2v) is 5.67. The number of hydrogen-bond acceptors (Lipinski definition) is 8. The molecule has 11 heteroatoms. The summed E-state index contributed by atoms with van der Waals surface area (Å²) < 4.78 is 1.26. The van der Waals surface area contributed by atoms with Gasteiger partial charge in [-0.3, -0.25) is 20.2 Å². The van der Waals surface area contributed by atoms with E-state index >= 15 is 0 Å². The molecule has 0 aliphatic heterocycles. The predicted molar refractivity (Wildman–Crippen MR) is 85.3 cm³/mol. The molecule has 0 fully saturated rings. The van der Waals surface area contributed by atoms with Crippen LogP contribution in [0.4, 0.5) is 10.8 Å². The minimum absolute atomic E-state index is 0.138. The Hall–Kier alpha value is -3.21. The molecule has 1 amide bonds. The van der Waals surface area contributed by atoms with Crippen molar-refractivity contribution < 1.29 is 9.72 Å². The molecule has 0 unspecified atom stereocenters. The number of amides is 1. The largest absolute Gasteiger partial charge is 0.296 e. The van der Waals surface area contributed by atoms with Gasteiger partial charge < -0.3 is 0 Å². The maximum absolute atomic E-state index is 12.3. The lowest BCUT2D eigenvalue weighted by Crippen LogP contribution is -2.13. The molecule has 0 saturated carbocycles. The highest BCUT2D eigenvalue weighted by Gasteiger charge is 2.20. The molecule has 0 saturated heterocycles. The Morgan fingerprint density at radius 2 is 2.25 bits per heavy atom. The van der Waals surface area contributed by atoms with Crippen LogP contribution < -0.4 is 5.32 Å². The molecule has 0 aliphatic rings. The zero-order chi connectivity index (χ0) is 17.1. The monoisotopic (exact) mass is 345 g/mol. The second-order valence-electron chi connectivity index (χ2n) is 4.61. The quantitative estimate of drug-likeness (QED) is 0.551. The van der Waals surface area contributed by atoms with E-state index in [1.165, 1.54) is 46.9 Å². The summed E-state index contributed by atoms with van der Waals surface area (Å²) in [7, 11) is 0. The molecule has 0 radical (unpaired) electrons. The SMILES string of the molecule is CCc1nnc(NC(=O)c2ccc(-n3cncn3)c([N+](=O)[O-])c2)s1. The smallest absolute Gasteiger partial charge is 0.295 e. The van der Waals surface area contributed by atoms with Crippen LogP contribution in [0.1, 0.15) is 22.3 Å². The Morgan fingerprint density at radius 1 is 1.42 bits per heavy atom. The van der Waals surface area contributed by atoms with Crippen LogP contribution in [0.2, 0.25) is 0 Å². The number of aromatic nitrogens is 5. The van der Waals surface area contributed by atoms with Crippen molar-refractivity contribution in [3.8, 4) is 5.69 Å². The van der Waals surface area contributed by atoms with Crippen LogP contribution in [0.5, 0.6) is 0 Å². The molecule has 3 rings (SSSR count). The average molecular weight is 345 g/mol. The standard InChI is InChI=1S/C13H11N7O3S/c1-2-11-17-18-13(24-11)16-12(21)8-3-4-9(10(5-8)20(22)23)19-7-14-6-15-19/h3-7H,2H2,1H3,(H,16,18,21). The van der Waals surface area contributed by atoms with E-state index in [1.54, 1.807) is 0 Å². The summed E-state index contributed by atoms with van der Waals surface area (Å²) in [6.07, 6.45) is 3.33. The van der Waals surface area contributed by atoms with Crippen LogP contribution in [0.25, 0.3) is 5.69 Å². The molecule has 3 aromatic rings. The minimum atomic E-state index is -0.575. The third-order valence-corrected chi connectivity index (χ3v) is 4.07. The van der Waals surface area contributed by atoms with Gasteiger partial charge in [-0.1, -0.05) is 18.3 Å². The highest BCUT2D eigenvalue weighted by atomic mass is 32.1. The van der Waals surface area contributed by atoms with Crippen LogP contribution in [0, 0.1) is 10.1 Å². The number of nitrogens with one attached hydrogen (secondary N) is 1. The van der Waals surface area contributed by atoms with Crippen molar-refractivity contribution in [2.24, 2.45) is 0 Å². The van der Waals surface area contributed by atoms with E-state index in [0.717, 1.165) is 5.01 Å². The van der Waals surface area contributed by atoms with Crippen LogP contribution >= 0.6 is 11.3 Å². The summed E-state index contributed by atoms with van der Waals surface area (Å²) >= 11 is 1.26. The molecule has 24 heavy (non-hydrogen) atoms. The van der Waals surface area contributed by atoms with Gasteiger partial charge >= 0.3 is 0 Å². The summed E-state index contributed by atoms with van der Waals surface area (Å²) in [6.45, 7) is 1.93. The predicted octanol–water partition coefficient (Wildman–Crippen LogP) is 1.84. The minimum Gasteiger partial charge on any atom is -0.296 e. The van der Waals surface area contributed by atoms with E-state index in [9.17, 15) is 14.9 Å². The molecule has 2 heterocycles. The Bertz CT molecular complexity index is 891. The van der Waals surface area contributed by atoms with Crippen LogP contribution in [-0.4, -0.2) is 35.8 Å². The molecule has 1 aromatic carbocycles. The van der Waals surface area contributed by atoms with Crippen molar-refractivity contribution in [3.05, 3.63) is 51.5 Å². The number of aryl methyl sites for hydroxylation is 1. The number of anilines is 1. The normalized spacial score (nSPS) is 10.5. The van der Waals surface area contributed by atoms with Crippen molar-refractivity contribution >= 4 is 28.1 Å². The average Bonchev–Trinajstić information content (AvgIpc) is 3.25. The van der Waals surface area contributed by atoms with Gasteiger partial charge in [0, 0.05) is 11.6 Å². The van der Waals surface area contributed by atoms with Gasteiger partial charge in [0.2, 0.25) is 5.13 Å². The molecule has 0 spiro atoms. The van der Waals surface area contributed by atoms with Gasteiger partial charge in [-0.25, -0.2) is 9.67 Å². The Labute approximate surface area is 139 Å². The highest BCUT2D eigenvalue weighted by molar-refractivity contribution is 7.15. The molecule has 0 bridgehead atoms. The van der Waals surface area contributed by atoms with E-state index in [1.807, 2.05) is 6.92 Å². The fourth-order valence-electron chi connectivity index (χ4n) is 1.95. The first-order chi connectivity index (χ1) is 11.6. The van der Waals surface area contributed by atoms with Gasteiger partial charge in [-0.2, -0.15) is 5.10 Å². The molecule has 1 N–H and O–H groups in total. The number of nitro groups is 1. The van der Waals surface area contributed by atoms with Gasteiger partial charge in [0.05, 0.1) is 4.92 Å². The topological polar surface area (TPSA) is 129 Å². The fraction of sp³-hybridized carbons (Fsp3) is 0.154. The van der Waals surface area contributed by atoms with Crippen molar-refractivity contribution in [2.75, 3.05) is 5.32 Å². The van der Waals surface area contributed by atoms with E-state index in [-0.39, 0.29) is 16.9 Å². The van der Waals surface area contributed by atoms with E-state index in [2.05, 4.69) is 25.6 Å². The van der Waals surface area contributed by atoms with E-state index in [0.29, 0.717) is 11.6 Å². The van der Waals surface area contributed by atoms with E-state index < -0.39 is 10.8 Å². The van der Waals surface area contributed by atoms with Gasteiger partial charge in [-0.15, -0.1) is 10.2 Å². The molecular formula is C13H11N7O3S. The fourth-order valence-corrected chi connectivity index (χ4v) is 2.63. The first kappa shape index (κ1) is 15.7. The number of carbonyl (C=O) groups is 1. The summed E-state index contributed by atoms with van der Waals surface area (Å²) in [5.41, 5.74) is 0.108. The zero-order valence-electron chi connectivity index (χ0n) is 12.4. The van der Waals surface area contributed by atoms with Gasteiger partial charge in [-0.05, 0) is 18.6 Å². The number of nitro benzene ring substituents is 1. The van der Waals surface area contributed by atoms with Gasteiger partial charge in [0.15, 0.2) is 0 Å². The molecule has 10 nitrogen and oxygen atoms in total. The molecule has 0 aliphatic carbocycles. The maximum atomic E-state index is 12.3. The van der Waals surface area contributed by atoms with Crippen molar-refractivity contribution in [3.63, 3.8) is 0 Å². The van der Waals surface area contributed by atoms with Crippen molar-refractivity contribution in [1.29, 1.82) is 0 Å². The summed E-state index contributed by atoms with van der Waals surface area (Å²) in [5, 5.41) is 26.6. The Kier molecular flexibility index (Phi) is 4.24. The second kappa shape index (κ2) is 6.50. The third-order valence-electron chi connectivity index (χ3n) is 3.09. The molecular weight excluding hydrogens is 334 g/mol. The van der Waals surface area contributed by atoms with Crippen molar-refractivity contribution in [1.82, 2.24) is 25.0 Å². The maximum Gasteiger partial charge on any atom is 0.295 e.